The van der Waals surface area contributed by atoms with Crippen molar-refractivity contribution in [1.82, 2.24) is 9.97 Å². The molecule has 1 fully saturated rings. The van der Waals surface area contributed by atoms with E-state index in [4.69, 9.17) is 9.47 Å². The molecule has 0 radical (unpaired) electrons. The van der Waals surface area contributed by atoms with Gasteiger partial charge in [-0.3, -0.25) is 9.98 Å². The van der Waals surface area contributed by atoms with Gasteiger partial charge in [0.2, 0.25) is 0 Å². The van der Waals surface area contributed by atoms with E-state index in [0.717, 1.165) is 18.8 Å². The second-order valence-electron chi connectivity index (χ2n) is 8.07. The van der Waals surface area contributed by atoms with Crippen molar-refractivity contribution >= 4 is 29.0 Å². The normalized spacial score (nSPS) is 19.2. The van der Waals surface area contributed by atoms with E-state index in [2.05, 4.69) is 31.6 Å². The van der Waals surface area contributed by atoms with Gasteiger partial charge in [0.1, 0.15) is 29.7 Å². The van der Waals surface area contributed by atoms with Crippen molar-refractivity contribution in [3.8, 4) is 11.3 Å². The molecule has 8 nitrogen and oxygen atoms in total. The van der Waals surface area contributed by atoms with Crippen LogP contribution < -0.4 is 4.90 Å². The Bertz CT molecular complexity index is 1380. The van der Waals surface area contributed by atoms with Crippen molar-refractivity contribution in [2.75, 3.05) is 38.3 Å². The summed E-state index contributed by atoms with van der Waals surface area (Å²) in [6.07, 6.45) is 3.34. The summed E-state index contributed by atoms with van der Waals surface area (Å²) in [5, 5.41) is 11.8. The molecule has 3 aromatic rings. The molecule has 2 aliphatic heterocycles. The van der Waals surface area contributed by atoms with Crippen molar-refractivity contribution in [1.29, 1.82) is 0 Å². The summed E-state index contributed by atoms with van der Waals surface area (Å²) in [4.78, 5) is 19.1. The number of benzene rings is 2. The first kappa shape index (κ1) is 22.8. The zero-order valence-electron chi connectivity index (χ0n) is 19.2. The molecule has 1 saturated heterocycles. The van der Waals surface area contributed by atoms with E-state index in [1.807, 2.05) is 18.2 Å². The van der Waals surface area contributed by atoms with Gasteiger partial charge >= 0.3 is 0 Å². The van der Waals surface area contributed by atoms with E-state index in [1.54, 1.807) is 19.2 Å². The number of aliphatic hydroxyl groups is 1. The van der Waals surface area contributed by atoms with Crippen LogP contribution in [-0.4, -0.2) is 60.9 Å². The van der Waals surface area contributed by atoms with E-state index in [-0.39, 0.29) is 11.3 Å². The fraction of sp³-hybridized carbons (Fsp3) is 0.231. The summed E-state index contributed by atoms with van der Waals surface area (Å²) in [5.41, 5.74) is 3.55. The molecule has 1 atom stereocenters. The van der Waals surface area contributed by atoms with Gasteiger partial charge in [0.05, 0.1) is 30.7 Å². The second kappa shape index (κ2) is 9.73. The Labute approximate surface area is 201 Å². The van der Waals surface area contributed by atoms with Gasteiger partial charge in [-0.2, -0.15) is 0 Å². The monoisotopic (exact) mass is 473 g/mol. The van der Waals surface area contributed by atoms with Gasteiger partial charge in [-0.15, -0.1) is 0 Å². The summed E-state index contributed by atoms with van der Waals surface area (Å²) in [6, 6.07) is 10.2. The number of hydrogen-bond donors (Lipinski definition) is 1. The van der Waals surface area contributed by atoms with Gasteiger partial charge in [0.15, 0.2) is 5.76 Å². The number of aliphatic imine (C=N–C) groups is 2. The highest BCUT2D eigenvalue weighted by Gasteiger charge is 2.25. The lowest BCUT2D eigenvalue weighted by Gasteiger charge is -2.29. The van der Waals surface area contributed by atoms with Crippen LogP contribution in [0.3, 0.4) is 0 Å². The molecule has 0 spiro atoms. The van der Waals surface area contributed by atoms with Crippen LogP contribution in [-0.2, 0) is 9.47 Å². The van der Waals surface area contributed by atoms with Crippen LogP contribution >= 0.6 is 0 Å². The minimum Gasteiger partial charge on any atom is -0.461 e. The largest absolute Gasteiger partial charge is 0.461 e. The van der Waals surface area contributed by atoms with Crippen LogP contribution in [0, 0.1) is 5.82 Å². The third-order valence-corrected chi connectivity index (χ3v) is 6.10. The van der Waals surface area contributed by atoms with Crippen LogP contribution in [0.25, 0.3) is 22.2 Å². The molecule has 2 aromatic carbocycles. The van der Waals surface area contributed by atoms with E-state index < -0.39 is 11.9 Å². The fourth-order valence-corrected chi connectivity index (χ4v) is 4.28. The average Bonchev–Trinajstić information content (AvgIpc) is 3.38. The van der Waals surface area contributed by atoms with Crippen LogP contribution in [0.4, 0.5) is 10.1 Å². The molecule has 1 unspecified atom stereocenters. The molecule has 0 bridgehead atoms. The highest BCUT2D eigenvalue weighted by atomic mass is 19.1. The number of fused-ring (bicyclic) bond motifs is 1. The highest BCUT2D eigenvalue weighted by molar-refractivity contribution is 6.09. The summed E-state index contributed by atoms with van der Waals surface area (Å²) >= 11 is 0. The second-order valence-corrected chi connectivity index (χ2v) is 8.07. The average molecular weight is 474 g/mol. The maximum atomic E-state index is 15.1. The minimum atomic E-state index is -1.21. The number of anilines is 1. The van der Waals surface area contributed by atoms with Crippen molar-refractivity contribution in [3.05, 3.63) is 77.9 Å². The van der Waals surface area contributed by atoms with E-state index in [1.165, 1.54) is 24.7 Å². The smallest absolute Gasteiger partial charge is 0.176 e. The molecule has 1 N–H and O–H groups in total. The third kappa shape index (κ3) is 4.31. The van der Waals surface area contributed by atoms with Gasteiger partial charge < -0.3 is 19.5 Å². The Morgan fingerprint density at radius 3 is 2.77 bits per heavy atom. The molecule has 0 saturated carbocycles. The highest BCUT2D eigenvalue weighted by Crippen LogP contribution is 2.34. The first-order valence-corrected chi connectivity index (χ1v) is 11.2. The number of nitrogens with zero attached hydrogens (tertiary/aromatic N) is 5. The lowest BCUT2D eigenvalue weighted by molar-refractivity contribution is 0.122. The standard InChI is InChI=1S/C26H24FN5O3/c1-28-21-7-10-35-26(21)24(29-2)25(33)16-3-6-20(27)19(13-16)23-18-5-4-17(14-22(18)30-15-31-23)32-8-11-34-12-9-32/h3-7,10,13-15,25,33H,2,8-9,11-12H2,1H3/b26-24+,28-21?. The van der Waals surface area contributed by atoms with E-state index >= 15 is 4.39 Å². The molecule has 35 heavy (non-hydrogen) atoms. The Morgan fingerprint density at radius 2 is 2.00 bits per heavy atom. The van der Waals surface area contributed by atoms with Gasteiger partial charge in [-0.05, 0) is 42.6 Å². The SMILES string of the molecule is C=N/C(=C1/OC=CC1=NC)C(O)c1ccc(F)c(-c2ncnc3cc(N4CCOCC4)ccc23)c1. The Morgan fingerprint density at radius 1 is 1.17 bits per heavy atom. The van der Waals surface area contributed by atoms with E-state index in [0.29, 0.717) is 46.8 Å². The molecular weight excluding hydrogens is 449 g/mol. The third-order valence-electron chi connectivity index (χ3n) is 6.10. The molecule has 2 aliphatic rings. The summed E-state index contributed by atoms with van der Waals surface area (Å²) in [7, 11) is 1.61. The van der Waals surface area contributed by atoms with Gasteiger partial charge in [-0.1, -0.05) is 6.07 Å². The maximum absolute atomic E-state index is 15.1. The van der Waals surface area contributed by atoms with Gasteiger partial charge in [0.25, 0.3) is 0 Å². The van der Waals surface area contributed by atoms with Crippen molar-refractivity contribution < 1.29 is 19.0 Å². The van der Waals surface area contributed by atoms with Crippen LogP contribution in [0.15, 0.2) is 76.5 Å². The Balaban J connectivity index is 1.55. The fourth-order valence-electron chi connectivity index (χ4n) is 4.28. The molecule has 178 valence electrons. The topological polar surface area (TPSA) is 92.4 Å². The number of hydrogen-bond acceptors (Lipinski definition) is 8. The number of halogens is 1. The molecule has 0 aliphatic carbocycles. The van der Waals surface area contributed by atoms with Crippen molar-refractivity contribution in [2.24, 2.45) is 9.98 Å². The Hall–Kier alpha value is -3.95. The predicted octanol–water partition coefficient (Wildman–Crippen LogP) is 3.83. The first-order chi connectivity index (χ1) is 17.1. The van der Waals surface area contributed by atoms with Crippen molar-refractivity contribution in [3.63, 3.8) is 0 Å². The van der Waals surface area contributed by atoms with Crippen LogP contribution in [0.5, 0.6) is 0 Å². The van der Waals surface area contributed by atoms with Gasteiger partial charge in [0, 0.05) is 42.9 Å². The zero-order valence-corrected chi connectivity index (χ0v) is 19.2. The summed E-state index contributed by atoms with van der Waals surface area (Å²) in [5.74, 6) is -0.155. The summed E-state index contributed by atoms with van der Waals surface area (Å²) < 4.78 is 26.0. The molecule has 5 rings (SSSR count). The number of allylic oxidation sites excluding steroid dienone is 1. The van der Waals surface area contributed by atoms with Gasteiger partial charge in [-0.25, -0.2) is 14.4 Å². The number of aromatic nitrogens is 2. The molecule has 0 amide bonds. The minimum absolute atomic E-state index is 0.191. The molecular formula is C26H24FN5O3. The molecule has 1 aromatic heterocycles. The molecule has 3 heterocycles. The predicted molar refractivity (Wildman–Crippen MR) is 133 cm³/mol. The number of aliphatic hydroxyl groups excluding tert-OH is 1. The summed E-state index contributed by atoms with van der Waals surface area (Å²) in [6.45, 7) is 6.53. The zero-order chi connectivity index (χ0) is 24.4. The Kier molecular flexibility index (Phi) is 6.35. The quantitative estimate of drug-likeness (QED) is 0.566. The first-order valence-electron chi connectivity index (χ1n) is 11.2. The van der Waals surface area contributed by atoms with Crippen molar-refractivity contribution in [2.45, 2.75) is 6.10 Å². The number of rotatable bonds is 5. The number of ether oxygens (including phenoxy) is 2. The van der Waals surface area contributed by atoms with E-state index in [9.17, 15) is 5.11 Å². The molecule has 9 heteroatoms. The lowest BCUT2D eigenvalue weighted by atomic mass is 9.98. The number of morpholine rings is 1. The van der Waals surface area contributed by atoms with Crippen LogP contribution in [0.1, 0.15) is 11.7 Å². The maximum Gasteiger partial charge on any atom is 0.176 e. The lowest BCUT2D eigenvalue weighted by Crippen LogP contribution is -2.36. The van der Waals surface area contributed by atoms with Crippen LogP contribution in [0.2, 0.25) is 0 Å².